The number of rotatable bonds is 3. The summed E-state index contributed by atoms with van der Waals surface area (Å²) in [7, 11) is -2.68. The lowest BCUT2D eigenvalue weighted by molar-refractivity contribution is -0.145. The molecule has 2 aliphatic rings. The van der Waals surface area contributed by atoms with Crippen molar-refractivity contribution in [3.05, 3.63) is 53.6 Å². The van der Waals surface area contributed by atoms with Crippen molar-refractivity contribution in [2.24, 2.45) is 0 Å². The van der Waals surface area contributed by atoms with Gasteiger partial charge in [0.05, 0.1) is 12.0 Å². The van der Waals surface area contributed by atoms with Gasteiger partial charge in [0, 0.05) is 19.0 Å². The van der Waals surface area contributed by atoms with Gasteiger partial charge < -0.3 is 14.2 Å². The fourth-order valence-corrected chi connectivity index (χ4v) is 4.98. The Morgan fingerprint density at radius 2 is 1.78 bits per heavy atom. The monoisotopic (exact) mass is 389 g/mol. The largest absolute Gasteiger partial charge is 0.486 e. The summed E-state index contributed by atoms with van der Waals surface area (Å²) in [5.41, 5.74) is 1.82. The van der Waals surface area contributed by atoms with Crippen LogP contribution in [0.1, 0.15) is 11.1 Å². The van der Waals surface area contributed by atoms with Crippen LogP contribution in [-0.2, 0) is 32.5 Å². The Labute approximate surface area is 157 Å². The zero-order chi connectivity index (χ0) is 19.0. The van der Waals surface area contributed by atoms with Crippen LogP contribution in [-0.4, -0.2) is 45.1 Å². The number of esters is 1. The number of sulfonamides is 1. The van der Waals surface area contributed by atoms with Gasteiger partial charge in [-0.15, -0.1) is 0 Å². The zero-order valence-electron chi connectivity index (χ0n) is 14.8. The zero-order valence-corrected chi connectivity index (χ0v) is 15.6. The second kappa shape index (κ2) is 6.86. The maximum absolute atomic E-state index is 13.3. The molecule has 7 nitrogen and oxygen atoms in total. The maximum Gasteiger partial charge on any atom is 0.324 e. The second-order valence-electron chi connectivity index (χ2n) is 6.37. The molecule has 0 N–H and O–H groups in total. The summed E-state index contributed by atoms with van der Waals surface area (Å²) in [6.07, 6.45) is 0.270. The van der Waals surface area contributed by atoms with Crippen LogP contribution >= 0.6 is 0 Å². The van der Waals surface area contributed by atoms with Crippen LogP contribution in [0.2, 0.25) is 0 Å². The molecule has 0 bridgehead atoms. The molecule has 0 aromatic heterocycles. The minimum absolute atomic E-state index is 0.0556. The SMILES string of the molecule is COC(=O)[C@H]1Cc2ccccc2CN1S(=O)(=O)c1ccc2c(c1)OCCO2. The predicted octanol–water partition coefficient (Wildman–Crippen LogP) is 1.75. The Balaban J connectivity index is 1.75. The van der Waals surface area contributed by atoms with Crippen LogP contribution in [0.25, 0.3) is 0 Å². The summed E-state index contributed by atoms with van der Waals surface area (Å²) in [6, 6.07) is 11.1. The van der Waals surface area contributed by atoms with E-state index in [2.05, 4.69) is 0 Å². The molecule has 142 valence electrons. The molecule has 4 rings (SSSR count). The van der Waals surface area contributed by atoms with E-state index in [-0.39, 0.29) is 17.9 Å². The van der Waals surface area contributed by atoms with Gasteiger partial charge in [-0.2, -0.15) is 4.31 Å². The molecule has 0 radical (unpaired) electrons. The Hall–Kier alpha value is -2.58. The Bertz CT molecular complexity index is 987. The van der Waals surface area contributed by atoms with E-state index in [4.69, 9.17) is 14.2 Å². The molecule has 27 heavy (non-hydrogen) atoms. The topological polar surface area (TPSA) is 82.1 Å². The third kappa shape index (κ3) is 3.15. The van der Waals surface area contributed by atoms with Crippen molar-refractivity contribution < 1.29 is 27.4 Å². The molecule has 0 saturated heterocycles. The molecule has 2 aliphatic heterocycles. The van der Waals surface area contributed by atoms with Crippen molar-refractivity contribution in [3.63, 3.8) is 0 Å². The van der Waals surface area contributed by atoms with Gasteiger partial charge in [0.25, 0.3) is 0 Å². The van der Waals surface area contributed by atoms with Gasteiger partial charge in [-0.1, -0.05) is 24.3 Å². The van der Waals surface area contributed by atoms with Crippen LogP contribution in [0.15, 0.2) is 47.4 Å². The van der Waals surface area contributed by atoms with E-state index in [0.717, 1.165) is 11.1 Å². The van der Waals surface area contributed by atoms with Crippen molar-refractivity contribution in [3.8, 4) is 11.5 Å². The number of hydrogen-bond acceptors (Lipinski definition) is 6. The minimum Gasteiger partial charge on any atom is -0.486 e. The molecule has 0 spiro atoms. The van der Waals surface area contributed by atoms with E-state index >= 15 is 0 Å². The highest BCUT2D eigenvalue weighted by atomic mass is 32.2. The Morgan fingerprint density at radius 1 is 1.07 bits per heavy atom. The van der Waals surface area contributed by atoms with Gasteiger partial charge in [0.1, 0.15) is 19.3 Å². The van der Waals surface area contributed by atoms with E-state index in [9.17, 15) is 13.2 Å². The van der Waals surface area contributed by atoms with E-state index < -0.39 is 22.0 Å². The van der Waals surface area contributed by atoms with Crippen molar-refractivity contribution in [2.75, 3.05) is 20.3 Å². The fourth-order valence-electron chi connectivity index (χ4n) is 3.41. The molecular formula is C19H19NO6S. The molecule has 2 aromatic rings. The number of hydrogen-bond donors (Lipinski definition) is 0. The smallest absolute Gasteiger partial charge is 0.324 e. The van der Waals surface area contributed by atoms with E-state index in [1.807, 2.05) is 24.3 Å². The summed E-state index contributed by atoms with van der Waals surface area (Å²) >= 11 is 0. The lowest BCUT2D eigenvalue weighted by Crippen LogP contribution is -2.49. The fraction of sp³-hybridized carbons (Fsp3) is 0.316. The molecule has 8 heteroatoms. The van der Waals surface area contributed by atoms with Gasteiger partial charge in [-0.3, -0.25) is 4.79 Å². The lowest BCUT2D eigenvalue weighted by atomic mass is 9.96. The predicted molar refractivity (Wildman–Crippen MR) is 96.1 cm³/mol. The molecule has 2 aromatic carbocycles. The summed E-state index contributed by atoms with van der Waals surface area (Å²) in [6.45, 7) is 0.886. The summed E-state index contributed by atoms with van der Waals surface area (Å²) < 4.78 is 43.7. The summed E-state index contributed by atoms with van der Waals surface area (Å²) in [5, 5.41) is 0. The number of benzene rings is 2. The van der Waals surface area contributed by atoms with Crippen LogP contribution < -0.4 is 9.47 Å². The average Bonchev–Trinajstić information content (AvgIpc) is 2.71. The number of fused-ring (bicyclic) bond motifs is 2. The van der Waals surface area contributed by atoms with Crippen LogP contribution in [0.4, 0.5) is 0 Å². The molecule has 0 amide bonds. The number of methoxy groups -OCH3 is 1. The standard InChI is InChI=1S/C19H19NO6S/c1-24-19(21)16-10-13-4-2-3-5-14(13)12-20(16)27(22,23)15-6-7-17-18(11-15)26-9-8-25-17/h2-7,11,16H,8-10,12H2,1H3/t16-/m1/s1. The highest BCUT2D eigenvalue weighted by molar-refractivity contribution is 7.89. The minimum atomic E-state index is -3.95. The number of carbonyl (C=O) groups is 1. The lowest BCUT2D eigenvalue weighted by Gasteiger charge is -2.34. The first-order chi connectivity index (χ1) is 13.0. The Morgan fingerprint density at radius 3 is 2.52 bits per heavy atom. The second-order valence-corrected chi connectivity index (χ2v) is 8.26. The molecule has 0 fully saturated rings. The third-order valence-electron chi connectivity index (χ3n) is 4.80. The number of nitrogens with zero attached hydrogens (tertiary/aromatic N) is 1. The van der Waals surface area contributed by atoms with Crippen molar-refractivity contribution in [2.45, 2.75) is 23.9 Å². The highest BCUT2D eigenvalue weighted by Crippen LogP contribution is 2.35. The van der Waals surface area contributed by atoms with Gasteiger partial charge in [-0.05, 0) is 23.3 Å². The first-order valence-corrected chi connectivity index (χ1v) is 10.0. The average molecular weight is 389 g/mol. The van der Waals surface area contributed by atoms with Gasteiger partial charge in [0.15, 0.2) is 11.5 Å². The van der Waals surface area contributed by atoms with Crippen molar-refractivity contribution in [1.82, 2.24) is 4.31 Å². The number of ether oxygens (including phenoxy) is 3. The first kappa shape index (κ1) is 17.8. The quantitative estimate of drug-likeness (QED) is 0.744. The van der Waals surface area contributed by atoms with Crippen molar-refractivity contribution in [1.29, 1.82) is 0 Å². The van der Waals surface area contributed by atoms with Gasteiger partial charge >= 0.3 is 5.97 Å². The normalized spacial score (nSPS) is 19.2. The van der Waals surface area contributed by atoms with E-state index in [1.165, 1.54) is 23.5 Å². The molecule has 1 atom stereocenters. The molecule has 0 unspecified atom stereocenters. The van der Waals surface area contributed by atoms with Crippen LogP contribution in [0.5, 0.6) is 11.5 Å². The van der Waals surface area contributed by atoms with Crippen LogP contribution in [0, 0.1) is 0 Å². The Kier molecular flexibility index (Phi) is 4.53. The summed E-state index contributed by atoms with van der Waals surface area (Å²) in [5.74, 6) is 0.314. The van der Waals surface area contributed by atoms with E-state index in [0.29, 0.717) is 24.7 Å². The first-order valence-electron chi connectivity index (χ1n) is 8.57. The van der Waals surface area contributed by atoms with Crippen molar-refractivity contribution >= 4 is 16.0 Å². The number of carbonyl (C=O) groups excluding carboxylic acids is 1. The van der Waals surface area contributed by atoms with Gasteiger partial charge in [-0.25, -0.2) is 8.42 Å². The summed E-state index contributed by atoms with van der Waals surface area (Å²) in [4.78, 5) is 12.4. The van der Waals surface area contributed by atoms with Crippen LogP contribution in [0.3, 0.4) is 0 Å². The van der Waals surface area contributed by atoms with Gasteiger partial charge in [0.2, 0.25) is 10.0 Å². The highest BCUT2D eigenvalue weighted by Gasteiger charge is 2.40. The molecule has 0 aliphatic carbocycles. The molecule has 2 heterocycles. The maximum atomic E-state index is 13.3. The van der Waals surface area contributed by atoms with E-state index in [1.54, 1.807) is 6.07 Å². The molecule has 0 saturated carbocycles. The molecular weight excluding hydrogens is 370 g/mol. The third-order valence-corrected chi connectivity index (χ3v) is 6.65.